The molecule has 0 atom stereocenters. The molecular formula is C13H16FNO3S. The summed E-state index contributed by atoms with van der Waals surface area (Å²) < 4.78 is 35.9. The maximum absolute atomic E-state index is 12.7. The third-order valence-corrected chi connectivity index (χ3v) is 5.50. The van der Waals surface area contributed by atoms with Crippen LogP contribution in [0.1, 0.15) is 12.5 Å². The molecule has 19 heavy (non-hydrogen) atoms. The average molecular weight is 285 g/mol. The fourth-order valence-electron chi connectivity index (χ4n) is 1.99. The first-order valence-corrected chi connectivity index (χ1v) is 7.87. The van der Waals surface area contributed by atoms with Crippen LogP contribution in [0.25, 0.3) is 0 Å². The van der Waals surface area contributed by atoms with Gasteiger partial charge in [0.05, 0.1) is 11.7 Å². The molecule has 2 rings (SSSR count). The number of carbonyl (C=O) groups excluding carboxylic acids is 1. The Balaban J connectivity index is 1.89. The smallest absolute Gasteiger partial charge is 0.227 e. The summed E-state index contributed by atoms with van der Waals surface area (Å²) in [6, 6.07) is 5.74. The van der Waals surface area contributed by atoms with Gasteiger partial charge in [0, 0.05) is 18.8 Å². The van der Waals surface area contributed by atoms with Crippen LogP contribution in [0.3, 0.4) is 0 Å². The molecule has 0 radical (unpaired) electrons. The van der Waals surface area contributed by atoms with E-state index in [0.717, 1.165) is 5.56 Å². The molecule has 1 aliphatic heterocycles. The van der Waals surface area contributed by atoms with Gasteiger partial charge < -0.3 is 4.90 Å². The summed E-state index contributed by atoms with van der Waals surface area (Å²) in [5, 5.41) is -0.422. The standard InChI is InChI=1S/C13H16FNO3S/c1-2-19(17,18)12-8-15(9-12)13(16)7-10-3-5-11(14)6-4-10/h3-6,12H,2,7-9H2,1H3. The summed E-state index contributed by atoms with van der Waals surface area (Å²) in [4.78, 5) is 13.4. The van der Waals surface area contributed by atoms with Crippen LogP contribution < -0.4 is 0 Å². The molecule has 0 N–H and O–H groups in total. The van der Waals surface area contributed by atoms with E-state index in [-0.39, 0.29) is 37.0 Å². The van der Waals surface area contributed by atoms with Crippen LogP contribution in [0, 0.1) is 5.82 Å². The van der Waals surface area contributed by atoms with Crippen molar-refractivity contribution < 1.29 is 17.6 Å². The maximum atomic E-state index is 12.7. The largest absolute Gasteiger partial charge is 0.340 e. The molecule has 1 saturated heterocycles. The fraction of sp³-hybridized carbons (Fsp3) is 0.462. The Morgan fingerprint density at radius 2 is 1.89 bits per heavy atom. The molecule has 0 saturated carbocycles. The van der Waals surface area contributed by atoms with Crippen molar-refractivity contribution in [2.24, 2.45) is 0 Å². The Hall–Kier alpha value is -1.43. The Bertz CT molecular complexity index is 562. The molecule has 1 aliphatic rings. The van der Waals surface area contributed by atoms with E-state index in [9.17, 15) is 17.6 Å². The number of likely N-dealkylation sites (tertiary alicyclic amines) is 1. The Morgan fingerprint density at radius 1 is 1.32 bits per heavy atom. The van der Waals surface area contributed by atoms with Crippen molar-refractivity contribution in [1.82, 2.24) is 4.90 Å². The maximum Gasteiger partial charge on any atom is 0.227 e. The lowest BCUT2D eigenvalue weighted by Gasteiger charge is -2.38. The van der Waals surface area contributed by atoms with Crippen LogP contribution in [0.15, 0.2) is 24.3 Å². The summed E-state index contributed by atoms with van der Waals surface area (Å²) in [5.74, 6) is -0.346. The van der Waals surface area contributed by atoms with Gasteiger partial charge in [0.1, 0.15) is 5.82 Å². The zero-order valence-corrected chi connectivity index (χ0v) is 11.5. The summed E-state index contributed by atoms with van der Waals surface area (Å²) in [6.07, 6.45) is 0.180. The first kappa shape index (κ1) is 14.0. The van der Waals surface area contributed by atoms with E-state index in [1.54, 1.807) is 19.1 Å². The highest BCUT2D eigenvalue weighted by Gasteiger charge is 2.38. The van der Waals surface area contributed by atoms with Crippen molar-refractivity contribution in [3.63, 3.8) is 0 Å². The normalized spacial score (nSPS) is 16.2. The molecule has 1 amide bonds. The minimum Gasteiger partial charge on any atom is -0.340 e. The van der Waals surface area contributed by atoms with Crippen LogP contribution in [0.5, 0.6) is 0 Å². The second-order valence-electron chi connectivity index (χ2n) is 4.68. The minimum absolute atomic E-state index is 0.109. The van der Waals surface area contributed by atoms with E-state index in [0.29, 0.717) is 0 Å². The molecule has 1 aromatic carbocycles. The zero-order chi connectivity index (χ0) is 14.0. The van der Waals surface area contributed by atoms with E-state index in [1.807, 2.05) is 0 Å². The van der Waals surface area contributed by atoms with E-state index >= 15 is 0 Å². The van der Waals surface area contributed by atoms with Crippen LogP contribution in [-0.4, -0.2) is 43.3 Å². The van der Waals surface area contributed by atoms with Gasteiger partial charge in [-0.2, -0.15) is 0 Å². The molecule has 1 fully saturated rings. The quantitative estimate of drug-likeness (QED) is 0.830. The van der Waals surface area contributed by atoms with Crippen LogP contribution in [0.4, 0.5) is 4.39 Å². The first-order valence-electron chi connectivity index (χ1n) is 6.16. The minimum atomic E-state index is -3.05. The van der Waals surface area contributed by atoms with E-state index in [2.05, 4.69) is 0 Å². The lowest BCUT2D eigenvalue weighted by atomic mass is 10.1. The van der Waals surface area contributed by atoms with Crippen LogP contribution in [0.2, 0.25) is 0 Å². The summed E-state index contributed by atoms with van der Waals surface area (Å²) in [6.45, 7) is 2.16. The molecule has 0 aliphatic carbocycles. The van der Waals surface area contributed by atoms with Gasteiger partial charge in [0.2, 0.25) is 5.91 Å². The van der Waals surface area contributed by atoms with Gasteiger partial charge in [0.25, 0.3) is 0 Å². The molecule has 0 aromatic heterocycles. The van der Waals surface area contributed by atoms with Crippen molar-refractivity contribution in [2.45, 2.75) is 18.6 Å². The summed E-state index contributed by atoms with van der Waals surface area (Å²) in [7, 11) is -3.05. The Labute approximate surface area is 112 Å². The van der Waals surface area contributed by atoms with E-state index in [1.165, 1.54) is 17.0 Å². The number of benzene rings is 1. The molecule has 0 spiro atoms. The lowest BCUT2D eigenvalue weighted by molar-refractivity contribution is -0.133. The van der Waals surface area contributed by atoms with Crippen molar-refractivity contribution >= 4 is 15.7 Å². The zero-order valence-electron chi connectivity index (χ0n) is 10.7. The van der Waals surface area contributed by atoms with Gasteiger partial charge in [-0.1, -0.05) is 19.1 Å². The number of hydrogen-bond acceptors (Lipinski definition) is 3. The number of halogens is 1. The number of carbonyl (C=O) groups is 1. The van der Waals surface area contributed by atoms with Crippen molar-refractivity contribution in [3.05, 3.63) is 35.6 Å². The van der Waals surface area contributed by atoms with Gasteiger partial charge in [0.15, 0.2) is 9.84 Å². The second-order valence-corrected chi connectivity index (χ2v) is 7.25. The third kappa shape index (κ3) is 3.12. The highest BCUT2D eigenvalue weighted by Crippen LogP contribution is 2.18. The molecule has 1 aromatic rings. The topological polar surface area (TPSA) is 54.5 Å². The molecular weight excluding hydrogens is 269 g/mol. The number of sulfone groups is 1. The highest BCUT2D eigenvalue weighted by atomic mass is 32.2. The molecule has 1 heterocycles. The number of nitrogens with zero attached hydrogens (tertiary/aromatic N) is 1. The summed E-state index contributed by atoms with van der Waals surface area (Å²) in [5.41, 5.74) is 0.730. The Kier molecular flexibility index (Phi) is 3.89. The number of rotatable bonds is 4. The van der Waals surface area contributed by atoms with Crippen molar-refractivity contribution in [2.75, 3.05) is 18.8 Å². The van der Waals surface area contributed by atoms with Gasteiger partial charge in [-0.15, -0.1) is 0 Å². The Morgan fingerprint density at radius 3 is 2.42 bits per heavy atom. The highest BCUT2D eigenvalue weighted by molar-refractivity contribution is 7.92. The lowest BCUT2D eigenvalue weighted by Crippen LogP contribution is -2.57. The first-order chi connectivity index (χ1) is 8.92. The number of hydrogen-bond donors (Lipinski definition) is 0. The van der Waals surface area contributed by atoms with Gasteiger partial charge in [-0.3, -0.25) is 4.79 Å². The average Bonchev–Trinajstić information content (AvgIpc) is 2.30. The molecule has 104 valence electrons. The SMILES string of the molecule is CCS(=O)(=O)C1CN(C(=O)Cc2ccc(F)cc2)C1. The molecule has 0 bridgehead atoms. The molecule has 4 nitrogen and oxygen atoms in total. The van der Waals surface area contributed by atoms with E-state index in [4.69, 9.17) is 0 Å². The van der Waals surface area contributed by atoms with Gasteiger partial charge in [-0.05, 0) is 17.7 Å². The molecule has 6 heteroatoms. The fourth-order valence-corrected chi connectivity index (χ4v) is 3.28. The third-order valence-electron chi connectivity index (χ3n) is 3.38. The van der Waals surface area contributed by atoms with Crippen molar-refractivity contribution in [1.29, 1.82) is 0 Å². The molecule has 0 unspecified atom stereocenters. The van der Waals surface area contributed by atoms with Crippen LogP contribution in [-0.2, 0) is 21.1 Å². The van der Waals surface area contributed by atoms with Gasteiger partial charge in [-0.25, -0.2) is 12.8 Å². The monoisotopic (exact) mass is 285 g/mol. The van der Waals surface area contributed by atoms with Crippen molar-refractivity contribution in [3.8, 4) is 0 Å². The predicted octanol–water partition coefficient (Wildman–Crippen LogP) is 1.01. The summed E-state index contributed by atoms with van der Waals surface area (Å²) >= 11 is 0. The van der Waals surface area contributed by atoms with Crippen LogP contribution >= 0.6 is 0 Å². The number of amides is 1. The van der Waals surface area contributed by atoms with E-state index < -0.39 is 15.1 Å². The second kappa shape index (κ2) is 5.28. The van der Waals surface area contributed by atoms with Gasteiger partial charge >= 0.3 is 0 Å². The predicted molar refractivity (Wildman–Crippen MR) is 69.9 cm³/mol.